The zero-order valence-corrected chi connectivity index (χ0v) is 8.21. The molecule has 0 bridgehead atoms. The van der Waals surface area contributed by atoms with Crippen molar-refractivity contribution in [1.29, 1.82) is 0 Å². The Morgan fingerprint density at radius 3 is 3.00 bits per heavy atom. The van der Waals surface area contributed by atoms with E-state index in [2.05, 4.69) is 34.2 Å². The van der Waals surface area contributed by atoms with Gasteiger partial charge in [-0.1, -0.05) is 12.1 Å². The number of rotatable bonds is 1. The van der Waals surface area contributed by atoms with Crippen LogP contribution in [0.1, 0.15) is 0 Å². The molecule has 3 rings (SSSR count). The van der Waals surface area contributed by atoms with Gasteiger partial charge in [0.15, 0.2) is 0 Å². The number of nitrogens with one attached hydrogen (secondary N) is 1. The molecule has 0 atom stereocenters. The fourth-order valence-corrected chi connectivity index (χ4v) is 2.30. The number of aromatic nitrogens is 2. The quantitative estimate of drug-likeness (QED) is 0.641. The Morgan fingerprint density at radius 1 is 1.14 bits per heavy atom. The summed E-state index contributed by atoms with van der Waals surface area (Å²) in [6.45, 7) is 0. The number of hydrogen-bond donors (Lipinski definition) is 1. The fourth-order valence-electron chi connectivity index (χ4n) is 1.60. The van der Waals surface area contributed by atoms with E-state index < -0.39 is 0 Å². The van der Waals surface area contributed by atoms with Crippen molar-refractivity contribution in [3.05, 3.63) is 42.0 Å². The Morgan fingerprint density at radius 2 is 2.14 bits per heavy atom. The van der Waals surface area contributed by atoms with Gasteiger partial charge in [-0.25, -0.2) is 4.98 Å². The van der Waals surface area contributed by atoms with Crippen molar-refractivity contribution in [2.75, 3.05) is 0 Å². The number of thiazole rings is 1. The molecule has 0 amide bonds. The van der Waals surface area contributed by atoms with Gasteiger partial charge in [0.1, 0.15) is 0 Å². The summed E-state index contributed by atoms with van der Waals surface area (Å²) in [7, 11) is 0. The van der Waals surface area contributed by atoms with Gasteiger partial charge in [-0.15, -0.1) is 11.3 Å². The number of benzene rings is 1. The van der Waals surface area contributed by atoms with Crippen molar-refractivity contribution >= 4 is 21.6 Å². The third kappa shape index (κ3) is 1.06. The molecule has 1 aromatic carbocycles. The molecule has 3 aromatic rings. The SMILES string of the molecule is c1c[nH]c(-c2cccc3scnc23)c1. The lowest BCUT2D eigenvalue weighted by Crippen LogP contribution is -1.78. The highest BCUT2D eigenvalue weighted by molar-refractivity contribution is 7.16. The Kier molecular flexibility index (Phi) is 1.64. The van der Waals surface area contributed by atoms with E-state index in [0.717, 1.165) is 11.2 Å². The number of nitrogens with zero attached hydrogens (tertiary/aromatic N) is 1. The van der Waals surface area contributed by atoms with Crippen molar-refractivity contribution in [3.63, 3.8) is 0 Å². The van der Waals surface area contributed by atoms with Crippen LogP contribution in [0.4, 0.5) is 0 Å². The number of aromatic amines is 1. The summed E-state index contributed by atoms with van der Waals surface area (Å²) >= 11 is 1.67. The van der Waals surface area contributed by atoms with E-state index in [9.17, 15) is 0 Å². The van der Waals surface area contributed by atoms with Crippen molar-refractivity contribution in [2.24, 2.45) is 0 Å². The van der Waals surface area contributed by atoms with Crippen molar-refractivity contribution < 1.29 is 0 Å². The summed E-state index contributed by atoms with van der Waals surface area (Å²) in [6, 6.07) is 10.3. The van der Waals surface area contributed by atoms with E-state index in [0.29, 0.717) is 0 Å². The Labute approximate surface area is 85.2 Å². The molecule has 2 heterocycles. The van der Waals surface area contributed by atoms with Gasteiger partial charge < -0.3 is 4.98 Å². The van der Waals surface area contributed by atoms with Crippen LogP contribution in [-0.4, -0.2) is 9.97 Å². The average molecular weight is 200 g/mol. The summed E-state index contributed by atoms with van der Waals surface area (Å²) < 4.78 is 1.23. The molecule has 2 aromatic heterocycles. The Hall–Kier alpha value is -1.61. The minimum Gasteiger partial charge on any atom is -0.361 e. The summed E-state index contributed by atoms with van der Waals surface area (Å²) in [5.74, 6) is 0. The number of hydrogen-bond acceptors (Lipinski definition) is 2. The molecule has 0 aliphatic heterocycles. The minimum atomic E-state index is 1.08. The summed E-state index contributed by atoms with van der Waals surface area (Å²) in [5, 5.41) is 0. The van der Waals surface area contributed by atoms with Crippen LogP contribution in [0.2, 0.25) is 0 Å². The van der Waals surface area contributed by atoms with Gasteiger partial charge in [0.05, 0.1) is 15.7 Å². The van der Waals surface area contributed by atoms with Crippen molar-refractivity contribution in [3.8, 4) is 11.3 Å². The highest BCUT2D eigenvalue weighted by atomic mass is 32.1. The van der Waals surface area contributed by atoms with Gasteiger partial charge in [-0.3, -0.25) is 0 Å². The Bertz CT molecular complexity index is 551. The maximum absolute atomic E-state index is 4.37. The van der Waals surface area contributed by atoms with E-state index in [1.165, 1.54) is 10.3 Å². The molecule has 0 spiro atoms. The van der Waals surface area contributed by atoms with Crippen LogP contribution in [0.25, 0.3) is 21.5 Å². The van der Waals surface area contributed by atoms with Crippen LogP contribution in [0, 0.1) is 0 Å². The first-order chi connectivity index (χ1) is 6.95. The highest BCUT2D eigenvalue weighted by Gasteiger charge is 2.05. The summed E-state index contributed by atoms with van der Waals surface area (Å²) in [4.78, 5) is 7.57. The van der Waals surface area contributed by atoms with Crippen molar-refractivity contribution in [2.45, 2.75) is 0 Å². The predicted molar refractivity (Wildman–Crippen MR) is 59.4 cm³/mol. The fraction of sp³-hybridized carbons (Fsp3) is 0. The molecule has 0 fully saturated rings. The minimum absolute atomic E-state index is 1.08. The summed E-state index contributed by atoms with van der Waals surface area (Å²) in [6.07, 6.45) is 1.93. The third-order valence-corrected chi connectivity index (χ3v) is 3.04. The molecule has 0 saturated heterocycles. The summed E-state index contributed by atoms with van der Waals surface area (Å²) in [5.41, 5.74) is 5.27. The van der Waals surface area contributed by atoms with Crippen LogP contribution >= 0.6 is 11.3 Å². The first-order valence-corrected chi connectivity index (χ1v) is 5.29. The highest BCUT2D eigenvalue weighted by Crippen LogP contribution is 2.28. The standard InChI is InChI=1S/C11H8N2S/c1-3-8(9-4-2-6-12-9)11-10(5-1)14-7-13-11/h1-7,12H. The normalized spacial score (nSPS) is 10.9. The third-order valence-electron chi connectivity index (χ3n) is 2.25. The van der Waals surface area contributed by atoms with Crippen molar-refractivity contribution in [1.82, 2.24) is 9.97 Å². The lowest BCUT2D eigenvalue weighted by Gasteiger charge is -1.98. The van der Waals surface area contributed by atoms with E-state index in [1.54, 1.807) is 11.3 Å². The monoisotopic (exact) mass is 200 g/mol. The van der Waals surface area contributed by atoms with Crippen LogP contribution in [0.15, 0.2) is 42.0 Å². The molecule has 0 radical (unpaired) electrons. The molecule has 0 aliphatic carbocycles. The van der Waals surface area contributed by atoms with Gasteiger partial charge in [-0.05, 0) is 18.2 Å². The molecule has 14 heavy (non-hydrogen) atoms. The van der Waals surface area contributed by atoms with Gasteiger partial charge in [-0.2, -0.15) is 0 Å². The zero-order valence-electron chi connectivity index (χ0n) is 7.40. The molecule has 2 nitrogen and oxygen atoms in total. The Balaban J connectivity index is 2.36. The van der Waals surface area contributed by atoms with Gasteiger partial charge in [0.25, 0.3) is 0 Å². The number of H-pyrrole nitrogens is 1. The van der Waals surface area contributed by atoms with Gasteiger partial charge in [0.2, 0.25) is 0 Å². The second-order valence-electron chi connectivity index (χ2n) is 3.09. The van der Waals surface area contributed by atoms with Crippen LogP contribution in [0.5, 0.6) is 0 Å². The van der Waals surface area contributed by atoms with E-state index >= 15 is 0 Å². The number of fused-ring (bicyclic) bond motifs is 1. The lowest BCUT2D eigenvalue weighted by atomic mass is 10.1. The second kappa shape index (κ2) is 2.96. The molecule has 1 N–H and O–H groups in total. The first-order valence-electron chi connectivity index (χ1n) is 4.41. The molecular formula is C11H8N2S. The maximum atomic E-state index is 4.37. The van der Waals surface area contributed by atoms with Crippen LogP contribution < -0.4 is 0 Å². The smallest absolute Gasteiger partial charge is 0.0905 e. The van der Waals surface area contributed by atoms with Crippen LogP contribution in [-0.2, 0) is 0 Å². The molecule has 3 heteroatoms. The second-order valence-corrected chi connectivity index (χ2v) is 3.97. The largest absolute Gasteiger partial charge is 0.361 e. The van der Waals surface area contributed by atoms with Gasteiger partial charge in [0, 0.05) is 17.5 Å². The van der Waals surface area contributed by atoms with Gasteiger partial charge >= 0.3 is 0 Å². The number of para-hydroxylation sites is 1. The predicted octanol–water partition coefficient (Wildman–Crippen LogP) is 3.29. The molecule has 0 aliphatic rings. The zero-order chi connectivity index (χ0) is 9.38. The molecule has 0 saturated carbocycles. The van der Waals surface area contributed by atoms with E-state index in [1.807, 2.05) is 17.8 Å². The maximum Gasteiger partial charge on any atom is 0.0905 e. The molecular weight excluding hydrogens is 192 g/mol. The topological polar surface area (TPSA) is 28.7 Å². The molecule has 68 valence electrons. The van der Waals surface area contributed by atoms with E-state index in [-0.39, 0.29) is 0 Å². The first kappa shape index (κ1) is 7.76. The van der Waals surface area contributed by atoms with E-state index in [4.69, 9.17) is 0 Å². The lowest BCUT2D eigenvalue weighted by molar-refractivity contribution is 1.40. The molecule has 0 unspecified atom stereocenters. The average Bonchev–Trinajstić information content (AvgIpc) is 2.88. The van der Waals surface area contributed by atoms with Crippen LogP contribution in [0.3, 0.4) is 0 Å².